The molecule has 196 valence electrons. The van der Waals surface area contributed by atoms with Crippen molar-refractivity contribution in [3.05, 3.63) is 58.7 Å². The molecule has 2 aromatic carbocycles. The first-order valence-electron chi connectivity index (χ1n) is 14.0. The molecule has 0 saturated carbocycles. The Morgan fingerprint density at radius 2 is 0.943 bits per heavy atom. The van der Waals surface area contributed by atoms with Crippen LogP contribution in [0.2, 0.25) is 0 Å². The summed E-state index contributed by atoms with van der Waals surface area (Å²) in [6.07, 6.45) is 17.3. The van der Waals surface area contributed by atoms with Crippen molar-refractivity contribution in [3.63, 3.8) is 0 Å². The maximum atomic E-state index is 5.04. The topological polar surface area (TPSA) is 24.7 Å². The van der Waals surface area contributed by atoms with E-state index in [1.54, 1.807) is 0 Å². The second-order valence-corrected chi connectivity index (χ2v) is 9.64. The molecule has 0 atom stereocenters. The molecule has 0 N–H and O–H groups in total. The van der Waals surface area contributed by atoms with E-state index in [9.17, 15) is 0 Å². The average molecular weight is 519 g/mol. The van der Waals surface area contributed by atoms with E-state index in [2.05, 4.69) is 71.0 Å². The molecule has 2 aromatic rings. The minimum atomic E-state index is 0. The van der Waals surface area contributed by atoms with E-state index in [0.717, 1.165) is 49.2 Å². The van der Waals surface area contributed by atoms with Gasteiger partial charge in [-0.2, -0.15) is 0 Å². The average Bonchev–Trinajstić information content (AvgIpc) is 2.86. The van der Waals surface area contributed by atoms with Crippen LogP contribution < -0.4 is 0 Å². The fourth-order valence-corrected chi connectivity index (χ4v) is 4.24. The molecule has 0 unspecified atom stereocenters. The van der Waals surface area contributed by atoms with Crippen molar-refractivity contribution >= 4 is 23.3 Å². The van der Waals surface area contributed by atoms with Crippen molar-refractivity contribution in [2.75, 3.05) is 0 Å². The molecule has 2 rings (SSSR count). The summed E-state index contributed by atoms with van der Waals surface area (Å²) in [5.41, 5.74) is 8.88. The first-order valence-corrected chi connectivity index (χ1v) is 14.0. The van der Waals surface area contributed by atoms with E-state index in [1.807, 2.05) is 6.21 Å². The third kappa shape index (κ3) is 12.2. The molecule has 0 bridgehead atoms. The Balaban J connectivity index is 0.00000612. The molecule has 0 fully saturated rings. The fraction of sp³-hybridized carbons (Fsp3) is 0.562. The Bertz CT molecular complexity index is 861. The van der Waals surface area contributed by atoms with E-state index < -0.39 is 0 Å². The molecule has 3 heteroatoms. The molecule has 0 aliphatic heterocycles. The smallest absolute Gasteiger partial charge is 0.0639 e. The third-order valence-corrected chi connectivity index (χ3v) is 6.35. The standard InChI is InChI=1S/C32H48N2.Ni/c1-6-11-15-26-19-27(16-12-7-2)22-31(21-26)33-25-30(10-5)34-32-23-28(17-13-8-3)20-29(24-32)18-14-9-4;/h19-25H,6-18H2,1-5H3;/b33-25+,34-30+;. The van der Waals surface area contributed by atoms with Gasteiger partial charge in [-0.25, -0.2) is 0 Å². The fourth-order valence-electron chi connectivity index (χ4n) is 4.24. The number of aliphatic imine (C=N–C) groups is 2. The molecule has 0 aromatic heterocycles. The summed E-state index contributed by atoms with van der Waals surface area (Å²) < 4.78 is 0. The van der Waals surface area contributed by atoms with Crippen LogP contribution in [0.1, 0.15) is 115 Å². The van der Waals surface area contributed by atoms with Crippen LogP contribution >= 0.6 is 0 Å². The predicted molar refractivity (Wildman–Crippen MR) is 153 cm³/mol. The van der Waals surface area contributed by atoms with E-state index in [0.29, 0.717) is 0 Å². The van der Waals surface area contributed by atoms with Crippen molar-refractivity contribution in [1.29, 1.82) is 0 Å². The zero-order valence-electron chi connectivity index (χ0n) is 22.9. The van der Waals surface area contributed by atoms with Gasteiger partial charge < -0.3 is 0 Å². The summed E-state index contributed by atoms with van der Waals surface area (Å²) in [4.78, 5) is 9.94. The number of benzene rings is 2. The predicted octanol–water partition coefficient (Wildman–Crippen LogP) is 9.94. The van der Waals surface area contributed by atoms with Gasteiger partial charge in [0.1, 0.15) is 0 Å². The van der Waals surface area contributed by atoms with E-state index in [4.69, 9.17) is 9.98 Å². The van der Waals surface area contributed by atoms with Gasteiger partial charge in [-0.3, -0.25) is 9.98 Å². The second kappa shape index (κ2) is 18.5. The van der Waals surface area contributed by atoms with Crippen LogP contribution in [0.25, 0.3) is 0 Å². The first-order chi connectivity index (χ1) is 16.6. The molecule has 2 nitrogen and oxygen atoms in total. The van der Waals surface area contributed by atoms with Crippen LogP contribution in [0, 0.1) is 0 Å². The molecular formula is C32H48N2Ni. The van der Waals surface area contributed by atoms with Gasteiger partial charge in [-0.1, -0.05) is 72.4 Å². The second-order valence-electron chi connectivity index (χ2n) is 9.64. The van der Waals surface area contributed by atoms with E-state index in [1.165, 1.54) is 73.6 Å². The van der Waals surface area contributed by atoms with Gasteiger partial charge in [0, 0.05) is 22.7 Å². The normalized spacial score (nSPS) is 11.7. The van der Waals surface area contributed by atoms with Gasteiger partial charge in [0.05, 0.1) is 17.1 Å². The van der Waals surface area contributed by atoms with Gasteiger partial charge in [-0.05, 0) is 104 Å². The Morgan fingerprint density at radius 3 is 1.29 bits per heavy atom. The van der Waals surface area contributed by atoms with Crippen LogP contribution in [0.4, 0.5) is 11.4 Å². The number of aryl methyl sites for hydroxylation is 4. The summed E-state index contributed by atoms with van der Waals surface area (Å²) in [5.74, 6) is 0. The zero-order chi connectivity index (χ0) is 24.6. The SMILES string of the molecule is CCCCc1cc(CCCC)cc(/N=C/C(CC)=N/c2cc(CCCC)cc(CCCC)c2)c1.[Ni]. The van der Waals surface area contributed by atoms with Crippen LogP contribution in [0.5, 0.6) is 0 Å². The third-order valence-electron chi connectivity index (χ3n) is 6.35. The van der Waals surface area contributed by atoms with Gasteiger partial charge in [-0.15, -0.1) is 0 Å². The van der Waals surface area contributed by atoms with Gasteiger partial charge >= 0.3 is 0 Å². The number of nitrogens with zero attached hydrogens (tertiary/aromatic N) is 2. The number of rotatable bonds is 16. The molecule has 0 radical (unpaired) electrons. The summed E-state index contributed by atoms with van der Waals surface area (Å²) in [5, 5.41) is 0. The van der Waals surface area contributed by atoms with Crippen molar-refractivity contribution < 1.29 is 16.5 Å². The maximum absolute atomic E-state index is 5.04. The minimum Gasteiger partial charge on any atom is -0.255 e. The summed E-state index contributed by atoms with van der Waals surface area (Å²) in [6, 6.07) is 13.9. The van der Waals surface area contributed by atoms with Crippen molar-refractivity contribution in [2.24, 2.45) is 9.98 Å². The Labute approximate surface area is 226 Å². The molecular weight excluding hydrogens is 471 g/mol. The van der Waals surface area contributed by atoms with Gasteiger partial charge in [0.25, 0.3) is 0 Å². The first kappa shape index (κ1) is 31.3. The minimum absolute atomic E-state index is 0. The Kier molecular flexibility index (Phi) is 16.6. The largest absolute Gasteiger partial charge is 0.255 e. The zero-order valence-corrected chi connectivity index (χ0v) is 23.9. The Hall–Kier alpha value is -1.73. The number of hydrogen-bond acceptors (Lipinski definition) is 2. The van der Waals surface area contributed by atoms with Crippen LogP contribution in [-0.4, -0.2) is 11.9 Å². The molecule has 0 amide bonds. The summed E-state index contributed by atoms with van der Waals surface area (Å²) in [6.45, 7) is 11.2. The maximum Gasteiger partial charge on any atom is 0.0639 e. The van der Waals surface area contributed by atoms with Gasteiger partial charge in [0.15, 0.2) is 0 Å². The summed E-state index contributed by atoms with van der Waals surface area (Å²) in [7, 11) is 0. The Morgan fingerprint density at radius 1 is 0.571 bits per heavy atom. The molecule has 0 saturated heterocycles. The molecule has 0 heterocycles. The van der Waals surface area contributed by atoms with Crippen LogP contribution in [0.3, 0.4) is 0 Å². The van der Waals surface area contributed by atoms with E-state index in [-0.39, 0.29) is 16.5 Å². The molecule has 0 aliphatic carbocycles. The van der Waals surface area contributed by atoms with Crippen molar-refractivity contribution in [3.8, 4) is 0 Å². The van der Waals surface area contributed by atoms with Gasteiger partial charge in [0.2, 0.25) is 0 Å². The number of hydrogen-bond donors (Lipinski definition) is 0. The van der Waals surface area contributed by atoms with Crippen LogP contribution in [0.15, 0.2) is 46.4 Å². The molecule has 35 heavy (non-hydrogen) atoms. The number of unbranched alkanes of at least 4 members (excludes halogenated alkanes) is 4. The molecule has 0 spiro atoms. The molecule has 0 aliphatic rings. The van der Waals surface area contributed by atoms with Crippen LogP contribution in [-0.2, 0) is 42.2 Å². The van der Waals surface area contributed by atoms with Crippen molar-refractivity contribution in [1.82, 2.24) is 0 Å². The monoisotopic (exact) mass is 518 g/mol. The summed E-state index contributed by atoms with van der Waals surface area (Å²) >= 11 is 0. The van der Waals surface area contributed by atoms with Crippen molar-refractivity contribution in [2.45, 2.75) is 118 Å². The quantitative estimate of drug-likeness (QED) is 0.156. The van der Waals surface area contributed by atoms with E-state index >= 15 is 0 Å².